The Morgan fingerprint density at radius 1 is 0.400 bits per heavy atom. The van der Waals surface area contributed by atoms with Gasteiger partial charge in [-0.05, 0) is 46.5 Å². The number of benzene rings is 5. The van der Waals surface area contributed by atoms with Gasteiger partial charge in [0.25, 0.3) is 0 Å². The van der Waals surface area contributed by atoms with Crippen LogP contribution < -0.4 is 9.80 Å². The van der Waals surface area contributed by atoms with Gasteiger partial charge < -0.3 is 9.80 Å². The van der Waals surface area contributed by atoms with Crippen LogP contribution in [0.2, 0.25) is 15.1 Å². The lowest BCUT2D eigenvalue weighted by Crippen LogP contribution is -2.17. The molecule has 0 spiro atoms. The van der Waals surface area contributed by atoms with E-state index in [9.17, 15) is 0 Å². The lowest BCUT2D eigenvalue weighted by atomic mass is 10.1. The molecular weight excluding hydrogens is 562 g/mol. The highest BCUT2D eigenvalue weighted by Gasteiger charge is 2.33. The Morgan fingerprint density at radius 3 is 0.975 bits per heavy atom. The zero-order valence-corrected chi connectivity index (χ0v) is 23.2. The van der Waals surface area contributed by atoms with Gasteiger partial charge in [-0.25, -0.2) is 4.39 Å². The predicted molar refractivity (Wildman–Crippen MR) is 169 cm³/mol. The molecule has 0 radical (unpaired) electrons. The molecule has 6 heteroatoms. The second kappa shape index (κ2) is 9.87. The van der Waals surface area contributed by atoms with Gasteiger partial charge in [0.1, 0.15) is 10.0 Å². The van der Waals surface area contributed by atoms with Crippen LogP contribution in [0.25, 0.3) is 24.3 Å². The molecule has 0 saturated carbocycles. The normalized spacial score (nSPS) is 13.2. The molecule has 7 rings (SSSR count). The number of halogens is 4. The fourth-order valence-corrected chi connectivity index (χ4v) is 6.48. The fraction of sp³-hybridized carbons (Fsp3) is 0. The molecule has 5 aromatic rings. The number of anilines is 6. The van der Waals surface area contributed by atoms with Crippen LogP contribution >= 0.6 is 34.8 Å². The van der Waals surface area contributed by atoms with Crippen LogP contribution in [0.5, 0.6) is 0 Å². The second-order valence-electron chi connectivity index (χ2n) is 9.53. The summed E-state index contributed by atoms with van der Waals surface area (Å²) in [5.74, 6) is -0.739. The predicted octanol–water partition coefficient (Wildman–Crippen LogP) is 11.7. The highest BCUT2D eigenvalue weighted by molar-refractivity contribution is 6.46. The largest absolute Gasteiger partial charge is 0.306 e. The summed E-state index contributed by atoms with van der Waals surface area (Å²) in [4.78, 5) is 3.85. The van der Waals surface area contributed by atoms with E-state index < -0.39 is 5.82 Å². The molecule has 2 aliphatic heterocycles. The first-order chi connectivity index (χ1) is 19.5. The summed E-state index contributed by atoms with van der Waals surface area (Å²) in [6.07, 6.45) is 8.15. The zero-order chi connectivity index (χ0) is 27.4. The van der Waals surface area contributed by atoms with Gasteiger partial charge in [-0.3, -0.25) is 0 Å². The van der Waals surface area contributed by atoms with E-state index in [0.29, 0.717) is 11.4 Å². The fourth-order valence-electron chi connectivity index (χ4n) is 5.43. The van der Waals surface area contributed by atoms with Crippen molar-refractivity contribution in [3.8, 4) is 0 Å². The molecule has 5 aromatic carbocycles. The van der Waals surface area contributed by atoms with Crippen molar-refractivity contribution in [3.05, 3.63) is 140 Å². The van der Waals surface area contributed by atoms with Crippen molar-refractivity contribution in [2.75, 3.05) is 9.80 Å². The van der Waals surface area contributed by atoms with E-state index >= 15 is 4.39 Å². The van der Waals surface area contributed by atoms with Crippen LogP contribution in [0.15, 0.2) is 97.1 Å². The first-order valence-electron chi connectivity index (χ1n) is 12.7. The lowest BCUT2D eigenvalue weighted by Gasteiger charge is -2.33. The summed E-state index contributed by atoms with van der Waals surface area (Å²) in [7, 11) is 0. The number of para-hydroxylation sites is 4. The van der Waals surface area contributed by atoms with E-state index in [1.807, 2.05) is 131 Å². The molecule has 2 aliphatic rings. The number of hydrogen-bond acceptors (Lipinski definition) is 2. The van der Waals surface area contributed by atoms with E-state index in [1.165, 1.54) is 0 Å². The smallest absolute Gasteiger partial charge is 0.164 e. The molecular formula is C34H20Cl3FN2. The molecule has 40 heavy (non-hydrogen) atoms. The average molecular weight is 582 g/mol. The van der Waals surface area contributed by atoms with Gasteiger partial charge in [0.2, 0.25) is 0 Å². The zero-order valence-electron chi connectivity index (χ0n) is 21.0. The van der Waals surface area contributed by atoms with Crippen molar-refractivity contribution >= 4 is 93.2 Å². The van der Waals surface area contributed by atoms with Crippen molar-refractivity contribution in [1.82, 2.24) is 0 Å². The standard InChI is InChI=1S/C34H20Cl3FN2/c35-29-32(38)30(36)34(40-27-15-7-3-11-23(27)19-20-24-12-4-8-16-28(24)40)31(37)33(29)39-25-13-5-1-9-21(25)17-18-22-10-2-6-14-26(22)39/h1-20H. The van der Waals surface area contributed by atoms with Crippen LogP contribution in [0.4, 0.5) is 38.5 Å². The Labute approximate surface area is 246 Å². The summed E-state index contributed by atoms with van der Waals surface area (Å²) < 4.78 is 16.2. The number of fused-ring (bicyclic) bond motifs is 4. The Bertz CT molecular complexity index is 1650. The molecule has 194 valence electrons. The molecule has 2 heterocycles. The number of nitrogens with zero attached hydrogens (tertiary/aromatic N) is 2. The summed E-state index contributed by atoms with van der Waals surface area (Å²) in [5.41, 5.74) is 7.67. The summed E-state index contributed by atoms with van der Waals surface area (Å²) in [6, 6.07) is 31.5. The maximum absolute atomic E-state index is 16.2. The molecule has 2 nitrogen and oxygen atoms in total. The molecule has 0 atom stereocenters. The SMILES string of the molecule is Fc1c(Cl)c(N2c3ccccc3C=Cc3ccccc32)c(Cl)c(N2c3ccccc3C=Cc3ccccc32)c1Cl. The minimum Gasteiger partial charge on any atom is -0.306 e. The minimum absolute atomic E-state index is 0.153. The number of rotatable bonds is 2. The third kappa shape index (κ3) is 3.85. The highest BCUT2D eigenvalue weighted by atomic mass is 35.5. The first kappa shape index (κ1) is 25.0. The van der Waals surface area contributed by atoms with Crippen LogP contribution in [-0.4, -0.2) is 0 Å². The third-order valence-electron chi connectivity index (χ3n) is 7.26. The van der Waals surface area contributed by atoms with Crippen molar-refractivity contribution in [2.24, 2.45) is 0 Å². The molecule has 0 bridgehead atoms. The topological polar surface area (TPSA) is 6.48 Å². The highest BCUT2D eigenvalue weighted by Crippen LogP contribution is 2.56. The molecule has 0 aliphatic carbocycles. The quantitative estimate of drug-likeness (QED) is 0.148. The summed E-state index contributed by atoms with van der Waals surface area (Å²) >= 11 is 21.0. The Balaban J connectivity index is 1.57. The van der Waals surface area contributed by atoms with Crippen LogP contribution in [0.3, 0.4) is 0 Å². The molecule has 0 aromatic heterocycles. The van der Waals surface area contributed by atoms with Crippen molar-refractivity contribution in [3.63, 3.8) is 0 Å². The van der Waals surface area contributed by atoms with E-state index in [0.717, 1.165) is 45.0 Å². The van der Waals surface area contributed by atoms with Crippen molar-refractivity contribution < 1.29 is 4.39 Å². The average Bonchev–Trinajstić information content (AvgIpc) is 3.26. The van der Waals surface area contributed by atoms with Gasteiger partial charge in [0.05, 0.1) is 39.1 Å². The molecule has 0 N–H and O–H groups in total. The van der Waals surface area contributed by atoms with E-state index in [4.69, 9.17) is 34.8 Å². The van der Waals surface area contributed by atoms with Crippen LogP contribution in [0, 0.1) is 5.82 Å². The Hall–Kier alpha value is -4.02. The second-order valence-corrected chi connectivity index (χ2v) is 10.7. The maximum atomic E-state index is 16.2. The van der Waals surface area contributed by atoms with Crippen LogP contribution in [0.1, 0.15) is 22.3 Å². The lowest BCUT2D eigenvalue weighted by molar-refractivity contribution is 0.629. The van der Waals surface area contributed by atoms with Gasteiger partial charge >= 0.3 is 0 Å². The minimum atomic E-state index is -0.739. The first-order valence-corrected chi connectivity index (χ1v) is 13.9. The Morgan fingerprint density at radius 2 is 0.675 bits per heavy atom. The third-order valence-corrected chi connectivity index (χ3v) is 8.31. The van der Waals surface area contributed by atoms with Crippen molar-refractivity contribution in [2.45, 2.75) is 0 Å². The number of hydrogen-bond donors (Lipinski definition) is 0. The summed E-state index contributed by atoms with van der Waals surface area (Å²) in [6.45, 7) is 0. The van der Waals surface area contributed by atoms with Gasteiger partial charge in [-0.1, -0.05) is 132 Å². The van der Waals surface area contributed by atoms with Gasteiger partial charge in [-0.2, -0.15) is 0 Å². The molecule has 0 fully saturated rings. The van der Waals surface area contributed by atoms with E-state index in [1.54, 1.807) is 0 Å². The summed E-state index contributed by atoms with van der Waals surface area (Å²) in [5, 5.41) is -0.0750. The van der Waals surface area contributed by atoms with E-state index in [-0.39, 0.29) is 15.1 Å². The Kier molecular flexibility index (Phi) is 6.16. The monoisotopic (exact) mass is 580 g/mol. The van der Waals surface area contributed by atoms with Gasteiger partial charge in [0, 0.05) is 0 Å². The maximum Gasteiger partial charge on any atom is 0.164 e. The van der Waals surface area contributed by atoms with Crippen molar-refractivity contribution in [1.29, 1.82) is 0 Å². The van der Waals surface area contributed by atoms with Gasteiger partial charge in [-0.15, -0.1) is 0 Å². The molecule has 0 unspecified atom stereocenters. The van der Waals surface area contributed by atoms with Crippen LogP contribution in [-0.2, 0) is 0 Å². The molecule has 0 saturated heterocycles. The van der Waals surface area contributed by atoms with Gasteiger partial charge in [0.15, 0.2) is 5.82 Å². The van der Waals surface area contributed by atoms with E-state index in [2.05, 4.69) is 0 Å². The molecule has 0 amide bonds.